The van der Waals surface area contributed by atoms with Gasteiger partial charge in [0.2, 0.25) is 10.0 Å². The zero-order valence-electron chi connectivity index (χ0n) is 17.5. The van der Waals surface area contributed by atoms with E-state index in [2.05, 4.69) is 0 Å². The van der Waals surface area contributed by atoms with Crippen LogP contribution in [0.15, 0.2) is 41.3 Å². The Labute approximate surface area is 184 Å². The van der Waals surface area contributed by atoms with E-state index >= 15 is 0 Å². The highest BCUT2D eigenvalue weighted by Gasteiger charge is 2.33. The van der Waals surface area contributed by atoms with Crippen LogP contribution in [-0.2, 0) is 10.0 Å². The molecule has 0 N–H and O–H groups in total. The minimum absolute atomic E-state index is 0.0144. The maximum absolute atomic E-state index is 13.5. The summed E-state index contributed by atoms with van der Waals surface area (Å²) in [5.41, 5.74) is -0.620. The van der Waals surface area contributed by atoms with Gasteiger partial charge in [-0.05, 0) is 25.1 Å². The lowest BCUT2D eigenvalue weighted by atomic mass is 10.1. The van der Waals surface area contributed by atoms with E-state index < -0.39 is 32.4 Å². The summed E-state index contributed by atoms with van der Waals surface area (Å²) in [6.07, 6.45) is 0. The van der Waals surface area contributed by atoms with Crippen molar-refractivity contribution >= 4 is 21.6 Å². The number of ether oxygens (including phenoxy) is 2. The van der Waals surface area contributed by atoms with E-state index in [1.54, 1.807) is 6.92 Å². The fraction of sp³-hybridized carbons (Fsp3) is 0.350. The fourth-order valence-corrected chi connectivity index (χ4v) is 4.83. The molecule has 1 fully saturated rings. The second-order valence-corrected chi connectivity index (χ2v) is 8.80. The zero-order valence-corrected chi connectivity index (χ0v) is 18.3. The predicted octanol–water partition coefficient (Wildman–Crippen LogP) is 2.29. The number of sulfonamides is 1. The maximum Gasteiger partial charge on any atom is 0.286 e. The third-order valence-electron chi connectivity index (χ3n) is 4.97. The number of piperazine rings is 1. The molecule has 0 aliphatic carbocycles. The third-order valence-corrected chi connectivity index (χ3v) is 6.86. The molecular weight excluding hydrogens is 445 g/mol. The lowest BCUT2D eigenvalue weighted by Crippen LogP contribution is -2.50. The number of nitrogens with zero attached hydrogens (tertiary/aromatic N) is 3. The number of amides is 1. The maximum atomic E-state index is 13.5. The van der Waals surface area contributed by atoms with Crippen LogP contribution in [0.4, 0.5) is 10.1 Å². The lowest BCUT2D eigenvalue weighted by molar-refractivity contribution is -0.385. The fourth-order valence-electron chi connectivity index (χ4n) is 3.38. The number of halogens is 1. The highest BCUT2D eigenvalue weighted by molar-refractivity contribution is 7.89. The van der Waals surface area contributed by atoms with Crippen molar-refractivity contribution in [2.75, 3.05) is 39.9 Å². The Morgan fingerprint density at radius 3 is 2.41 bits per heavy atom. The van der Waals surface area contributed by atoms with Gasteiger partial charge in [-0.1, -0.05) is 6.07 Å². The minimum atomic E-state index is -3.93. The van der Waals surface area contributed by atoms with Crippen LogP contribution in [0.25, 0.3) is 0 Å². The minimum Gasteiger partial charge on any atom is -0.493 e. The van der Waals surface area contributed by atoms with Crippen molar-refractivity contribution in [1.29, 1.82) is 0 Å². The monoisotopic (exact) mass is 467 g/mol. The average molecular weight is 467 g/mol. The van der Waals surface area contributed by atoms with Crippen LogP contribution in [0, 0.1) is 15.9 Å². The topological polar surface area (TPSA) is 119 Å². The SMILES string of the molecule is CCOc1cc(C(=O)N2CCN(S(=O)(=O)c3cccc(F)c3)CC2)c([N+](=O)[O-])cc1OC. The van der Waals surface area contributed by atoms with E-state index in [0.717, 1.165) is 22.5 Å². The quantitative estimate of drug-likeness (QED) is 0.453. The van der Waals surface area contributed by atoms with Crippen molar-refractivity contribution in [3.8, 4) is 11.5 Å². The van der Waals surface area contributed by atoms with Gasteiger partial charge in [-0.25, -0.2) is 12.8 Å². The molecule has 1 heterocycles. The summed E-state index contributed by atoms with van der Waals surface area (Å²) in [5, 5.41) is 11.5. The number of hydrogen-bond acceptors (Lipinski definition) is 7. The average Bonchev–Trinajstić information content (AvgIpc) is 2.78. The van der Waals surface area contributed by atoms with Crippen molar-refractivity contribution in [3.05, 3.63) is 57.9 Å². The smallest absolute Gasteiger partial charge is 0.286 e. The van der Waals surface area contributed by atoms with E-state index in [0.29, 0.717) is 0 Å². The first-order valence-electron chi connectivity index (χ1n) is 9.73. The molecule has 2 aromatic carbocycles. The second-order valence-electron chi connectivity index (χ2n) is 6.86. The largest absolute Gasteiger partial charge is 0.493 e. The Morgan fingerprint density at radius 1 is 1.16 bits per heavy atom. The summed E-state index contributed by atoms with van der Waals surface area (Å²) < 4.78 is 50.7. The first-order valence-corrected chi connectivity index (χ1v) is 11.2. The summed E-state index contributed by atoms with van der Waals surface area (Å²) in [7, 11) is -2.60. The molecule has 12 heteroatoms. The molecular formula is C20H22FN3O7S. The van der Waals surface area contributed by atoms with Crippen LogP contribution in [0.2, 0.25) is 0 Å². The Bertz CT molecular complexity index is 1130. The van der Waals surface area contributed by atoms with Crippen LogP contribution in [0.3, 0.4) is 0 Å². The number of carbonyl (C=O) groups is 1. The Kier molecular flexibility index (Phi) is 6.94. The van der Waals surface area contributed by atoms with Crippen molar-refractivity contribution in [1.82, 2.24) is 9.21 Å². The van der Waals surface area contributed by atoms with E-state index in [-0.39, 0.29) is 54.7 Å². The standard InChI is InChI=1S/C20H22FN3O7S/c1-3-31-19-12-16(17(24(26)27)13-18(19)30-2)20(25)22-7-9-23(10-8-22)32(28,29)15-6-4-5-14(21)11-15/h4-6,11-13H,3,7-10H2,1-2H3. The van der Waals surface area contributed by atoms with Gasteiger partial charge in [0.25, 0.3) is 11.6 Å². The Balaban J connectivity index is 1.82. The summed E-state index contributed by atoms with van der Waals surface area (Å²) in [4.78, 5) is 25.1. The van der Waals surface area contributed by atoms with Crippen LogP contribution in [0.1, 0.15) is 17.3 Å². The van der Waals surface area contributed by atoms with Gasteiger partial charge in [0.15, 0.2) is 11.5 Å². The highest BCUT2D eigenvalue weighted by Crippen LogP contribution is 2.35. The summed E-state index contributed by atoms with van der Waals surface area (Å²) in [5.74, 6) is -0.975. The van der Waals surface area contributed by atoms with Crippen LogP contribution < -0.4 is 9.47 Å². The second kappa shape index (κ2) is 9.49. The van der Waals surface area contributed by atoms with Crippen LogP contribution in [0.5, 0.6) is 11.5 Å². The first kappa shape index (κ1) is 23.4. The predicted molar refractivity (Wildman–Crippen MR) is 112 cm³/mol. The molecule has 2 aromatic rings. The highest BCUT2D eigenvalue weighted by atomic mass is 32.2. The van der Waals surface area contributed by atoms with Crippen LogP contribution in [-0.4, -0.2) is 68.3 Å². The Hall–Kier alpha value is -3.25. The van der Waals surface area contributed by atoms with Gasteiger partial charge in [-0.2, -0.15) is 4.31 Å². The first-order chi connectivity index (χ1) is 15.2. The van der Waals surface area contributed by atoms with Crippen molar-refractivity contribution in [2.45, 2.75) is 11.8 Å². The molecule has 0 atom stereocenters. The number of benzene rings is 2. The molecule has 0 aromatic heterocycles. The molecule has 0 bridgehead atoms. The molecule has 32 heavy (non-hydrogen) atoms. The molecule has 172 valence electrons. The normalized spacial score (nSPS) is 14.8. The number of carbonyl (C=O) groups excluding carboxylic acids is 1. The molecule has 10 nitrogen and oxygen atoms in total. The molecule has 1 aliphatic rings. The molecule has 0 unspecified atom stereocenters. The van der Waals surface area contributed by atoms with Gasteiger partial charge in [-0.3, -0.25) is 14.9 Å². The molecule has 1 amide bonds. The van der Waals surface area contributed by atoms with Crippen molar-refractivity contribution < 1.29 is 32.0 Å². The van der Waals surface area contributed by atoms with Gasteiger partial charge in [-0.15, -0.1) is 0 Å². The molecule has 0 saturated carbocycles. The van der Waals surface area contributed by atoms with Crippen molar-refractivity contribution in [2.24, 2.45) is 0 Å². The van der Waals surface area contributed by atoms with E-state index in [1.165, 1.54) is 30.2 Å². The molecule has 3 rings (SSSR count). The summed E-state index contributed by atoms with van der Waals surface area (Å²) in [6.45, 7) is 1.94. The van der Waals surface area contributed by atoms with Gasteiger partial charge in [0.05, 0.1) is 29.6 Å². The number of nitro benzene ring substituents is 1. The number of rotatable bonds is 7. The van der Waals surface area contributed by atoms with Crippen LogP contribution >= 0.6 is 0 Å². The molecule has 0 radical (unpaired) electrons. The van der Waals surface area contributed by atoms with Gasteiger partial charge in [0, 0.05) is 32.2 Å². The molecule has 1 aliphatic heterocycles. The van der Waals surface area contributed by atoms with Crippen molar-refractivity contribution in [3.63, 3.8) is 0 Å². The lowest BCUT2D eigenvalue weighted by Gasteiger charge is -2.34. The van der Waals surface area contributed by atoms with Gasteiger partial charge >= 0.3 is 0 Å². The third kappa shape index (κ3) is 4.65. The summed E-state index contributed by atoms with van der Waals surface area (Å²) in [6, 6.07) is 7.07. The van der Waals surface area contributed by atoms with E-state index in [1.807, 2.05) is 0 Å². The zero-order chi connectivity index (χ0) is 23.5. The molecule has 0 spiro atoms. The van der Waals surface area contributed by atoms with Gasteiger partial charge < -0.3 is 14.4 Å². The summed E-state index contributed by atoms with van der Waals surface area (Å²) >= 11 is 0. The van der Waals surface area contributed by atoms with Gasteiger partial charge in [0.1, 0.15) is 11.4 Å². The number of hydrogen-bond donors (Lipinski definition) is 0. The number of nitro groups is 1. The van der Waals surface area contributed by atoms with E-state index in [9.17, 15) is 27.7 Å². The number of methoxy groups -OCH3 is 1. The molecule has 1 saturated heterocycles. The van der Waals surface area contributed by atoms with E-state index in [4.69, 9.17) is 9.47 Å². The Morgan fingerprint density at radius 2 is 1.84 bits per heavy atom.